The number of morpholine rings is 1. The van der Waals surface area contributed by atoms with E-state index < -0.39 is 0 Å². The van der Waals surface area contributed by atoms with Gasteiger partial charge in [-0.2, -0.15) is 0 Å². The summed E-state index contributed by atoms with van der Waals surface area (Å²) < 4.78 is 6.20. The SMILES string of the molecule is CCC1CNCC(c2ccc3c(c2)Cc2ccccc2-3)O1. The van der Waals surface area contributed by atoms with Gasteiger partial charge in [-0.3, -0.25) is 0 Å². The highest BCUT2D eigenvalue weighted by Gasteiger charge is 2.24. The fourth-order valence-corrected chi connectivity index (χ4v) is 3.51. The van der Waals surface area contributed by atoms with Gasteiger partial charge >= 0.3 is 0 Å². The second-order valence-corrected chi connectivity index (χ2v) is 6.06. The van der Waals surface area contributed by atoms with Gasteiger partial charge in [-0.25, -0.2) is 0 Å². The topological polar surface area (TPSA) is 21.3 Å². The maximum atomic E-state index is 6.20. The number of fused-ring (bicyclic) bond motifs is 3. The van der Waals surface area contributed by atoms with E-state index in [1.807, 2.05) is 0 Å². The van der Waals surface area contributed by atoms with Crippen molar-refractivity contribution in [1.82, 2.24) is 5.32 Å². The highest BCUT2D eigenvalue weighted by atomic mass is 16.5. The van der Waals surface area contributed by atoms with E-state index in [-0.39, 0.29) is 6.10 Å². The maximum absolute atomic E-state index is 6.20. The molecule has 0 aromatic heterocycles. The lowest BCUT2D eigenvalue weighted by Crippen LogP contribution is -2.40. The van der Waals surface area contributed by atoms with Crippen molar-refractivity contribution in [3.8, 4) is 11.1 Å². The zero-order chi connectivity index (χ0) is 14.2. The smallest absolute Gasteiger partial charge is 0.0953 e. The molecular weight excluding hydrogens is 258 g/mol. The summed E-state index contributed by atoms with van der Waals surface area (Å²) >= 11 is 0. The lowest BCUT2D eigenvalue weighted by Gasteiger charge is -2.30. The molecule has 1 saturated heterocycles. The van der Waals surface area contributed by atoms with Gasteiger partial charge in [-0.05, 0) is 40.7 Å². The normalized spacial score (nSPS) is 23.7. The zero-order valence-electron chi connectivity index (χ0n) is 12.4. The standard InChI is InChI=1S/C19H21NO/c1-2-16-11-20-12-19(21-16)14-7-8-18-15(10-14)9-13-5-3-4-6-17(13)18/h3-8,10,16,19-20H,2,9,11-12H2,1H3. The van der Waals surface area contributed by atoms with Crippen molar-refractivity contribution >= 4 is 0 Å². The second-order valence-electron chi connectivity index (χ2n) is 6.06. The van der Waals surface area contributed by atoms with Crippen molar-refractivity contribution in [1.29, 1.82) is 0 Å². The summed E-state index contributed by atoms with van der Waals surface area (Å²) in [6.45, 7) is 4.08. The Hall–Kier alpha value is -1.64. The van der Waals surface area contributed by atoms with Crippen LogP contribution in [0.1, 0.15) is 36.1 Å². The van der Waals surface area contributed by atoms with Crippen molar-refractivity contribution < 1.29 is 4.74 Å². The van der Waals surface area contributed by atoms with E-state index in [9.17, 15) is 0 Å². The van der Waals surface area contributed by atoms with E-state index in [1.165, 1.54) is 27.8 Å². The van der Waals surface area contributed by atoms with Crippen LogP contribution in [0, 0.1) is 0 Å². The molecule has 1 aliphatic carbocycles. The molecule has 2 heteroatoms. The van der Waals surface area contributed by atoms with Crippen LogP contribution >= 0.6 is 0 Å². The molecule has 2 aliphatic rings. The molecular formula is C19H21NO. The van der Waals surface area contributed by atoms with Gasteiger partial charge in [-0.15, -0.1) is 0 Å². The van der Waals surface area contributed by atoms with Gasteiger partial charge in [0.05, 0.1) is 12.2 Å². The molecule has 1 aliphatic heterocycles. The van der Waals surface area contributed by atoms with Crippen molar-refractivity contribution in [2.45, 2.75) is 32.0 Å². The van der Waals surface area contributed by atoms with Gasteiger partial charge in [0, 0.05) is 13.1 Å². The Bertz CT molecular complexity index is 664. The average molecular weight is 279 g/mol. The molecule has 2 aromatic rings. The molecule has 21 heavy (non-hydrogen) atoms. The van der Waals surface area contributed by atoms with Gasteiger partial charge in [0.25, 0.3) is 0 Å². The summed E-state index contributed by atoms with van der Waals surface area (Å²) in [5.74, 6) is 0. The first-order valence-electron chi connectivity index (χ1n) is 7.92. The molecule has 2 atom stereocenters. The molecule has 0 amide bonds. The van der Waals surface area contributed by atoms with Crippen LogP contribution in [0.4, 0.5) is 0 Å². The Balaban J connectivity index is 1.64. The number of nitrogens with one attached hydrogen (secondary N) is 1. The van der Waals surface area contributed by atoms with E-state index in [2.05, 4.69) is 54.7 Å². The zero-order valence-corrected chi connectivity index (χ0v) is 12.4. The predicted molar refractivity (Wildman–Crippen MR) is 85.5 cm³/mol. The molecule has 4 rings (SSSR count). The quantitative estimate of drug-likeness (QED) is 0.772. The molecule has 0 saturated carbocycles. The van der Waals surface area contributed by atoms with Crippen LogP contribution in [0.25, 0.3) is 11.1 Å². The third-order valence-electron chi connectivity index (χ3n) is 4.70. The highest BCUT2D eigenvalue weighted by molar-refractivity contribution is 5.76. The Morgan fingerprint density at radius 1 is 1.05 bits per heavy atom. The first-order chi connectivity index (χ1) is 10.3. The van der Waals surface area contributed by atoms with Crippen LogP contribution < -0.4 is 5.32 Å². The number of benzene rings is 2. The fourth-order valence-electron chi connectivity index (χ4n) is 3.51. The molecule has 2 nitrogen and oxygen atoms in total. The van der Waals surface area contributed by atoms with E-state index >= 15 is 0 Å². The maximum Gasteiger partial charge on any atom is 0.0953 e. The lowest BCUT2D eigenvalue weighted by atomic mass is 10.00. The van der Waals surface area contributed by atoms with Crippen LogP contribution in [-0.2, 0) is 11.2 Å². The minimum absolute atomic E-state index is 0.192. The van der Waals surface area contributed by atoms with Crippen molar-refractivity contribution in [3.63, 3.8) is 0 Å². The second kappa shape index (κ2) is 5.28. The fraction of sp³-hybridized carbons (Fsp3) is 0.368. The van der Waals surface area contributed by atoms with Crippen LogP contribution in [-0.4, -0.2) is 19.2 Å². The molecule has 108 valence electrons. The predicted octanol–water partition coefficient (Wildman–Crippen LogP) is 3.70. The summed E-state index contributed by atoms with van der Waals surface area (Å²) in [6.07, 6.45) is 2.66. The third kappa shape index (κ3) is 2.29. The van der Waals surface area contributed by atoms with Crippen molar-refractivity contribution in [2.75, 3.05) is 13.1 Å². The van der Waals surface area contributed by atoms with E-state index in [1.54, 1.807) is 0 Å². The first-order valence-corrected chi connectivity index (χ1v) is 7.92. The number of hydrogen-bond acceptors (Lipinski definition) is 2. The first kappa shape index (κ1) is 13.1. The monoisotopic (exact) mass is 279 g/mol. The molecule has 0 spiro atoms. The molecule has 2 unspecified atom stereocenters. The number of rotatable bonds is 2. The van der Waals surface area contributed by atoms with Crippen LogP contribution in [0.3, 0.4) is 0 Å². The molecule has 1 heterocycles. The summed E-state index contributed by atoms with van der Waals surface area (Å²) in [5.41, 5.74) is 6.99. The molecule has 2 aromatic carbocycles. The van der Waals surface area contributed by atoms with Gasteiger partial charge < -0.3 is 10.1 Å². The van der Waals surface area contributed by atoms with E-state index in [0.29, 0.717) is 6.10 Å². The van der Waals surface area contributed by atoms with Crippen LogP contribution in [0.15, 0.2) is 42.5 Å². The summed E-state index contributed by atoms with van der Waals surface area (Å²) in [7, 11) is 0. The molecule has 0 radical (unpaired) electrons. The Labute approximate surface area is 126 Å². The van der Waals surface area contributed by atoms with E-state index in [0.717, 1.165) is 25.9 Å². The van der Waals surface area contributed by atoms with E-state index in [4.69, 9.17) is 4.74 Å². The number of ether oxygens (including phenoxy) is 1. The van der Waals surface area contributed by atoms with Gasteiger partial charge in [0.1, 0.15) is 0 Å². The van der Waals surface area contributed by atoms with Gasteiger partial charge in [-0.1, -0.05) is 49.4 Å². The molecule has 1 fully saturated rings. The highest BCUT2D eigenvalue weighted by Crippen LogP contribution is 2.38. The summed E-state index contributed by atoms with van der Waals surface area (Å²) in [5, 5.41) is 3.49. The third-order valence-corrected chi connectivity index (χ3v) is 4.70. The molecule has 0 bridgehead atoms. The van der Waals surface area contributed by atoms with Gasteiger partial charge in [0.15, 0.2) is 0 Å². The summed E-state index contributed by atoms with van der Waals surface area (Å²) in [4.78, 5) is 0. The minimum atomic E-state index is 0.192. The van der Waals surface area contributed by atoms with Crippen molar-refractivity contribution in [2.24, 2.45) is 0 Å². The number of hydrogen-bond donors (Lipinski definition) is 1. The summed E-state index contributed by atoms with van der Waals surface area (Å²) in [6, 6.07) is 15.6. The van der Waals surface area contributed by atoms with Crippen LogP contribution in [0.2, 0.25) is 0 Å². The lowest BCUT2D eigenvalue weighted by molar-refractivity contribution is -0.0400. The van der Waals surface area contributed by atoms with Crippen molar-refractivity contribution in [3.05, 3.63) is 59.2 Å². The average Bonchev–Trinajstić information content (AvgIpc) is 2.92. The Morgan fingerprint density at radius 3 is 2.81 bits per heavy atom. The minimum Gasteiger partial charge on any atom is -0.368 e. The van der Waals surface area contributed by atoms with Gasteiger partial charge in [0.2, 0.25) is 0 Å². The largest absolute Gasteiger partial charge is 0.368 e. The molecule has 1 N–H and O–H groups in total. The Morgan fingerprint density at radius 2 is 1.90 bits per heavy atom. The Kier molecular flexibility index (Phi) is 3.28. The van der Waals surface area contributed by atoms with Crippen LogP contribution in [0.5, 0.6) is 0 Å².